The maximum absolute atomic E-state index is 12.5. The third-order valence-corrected chi connectivity index (χ3v) is 6.03. The molecule has 0 bridgehead atoms. The lowest BCUT2D eigenvalue weighted by molar-refractivity contribution is -0.113. The van der Waals surface area contributed by atoms with Gasteiger partial charge >= 0.3 is 0 Å². The number of nitrogens with one attached hydrogen (secondary N) is 2. The molecule has 2 aromatic carbocycles. The number of hydrogen-bond acceptors (Lipinski definition) is 6. The summed E-state index contributed by atoms with van der Waals surface area (Å²) in [5, 5.41) is 15.2. The summed E-state index contributed by atoms with van der Waals surface area (Å²) >= 11 is 13.2. The highest BCUT2D eigenvalue weighted by molar-refractivity contribution is 7.99. The van der Waals surface area contributed by atoms with Crippen LogP contribution in [0.2, 0.25) is 10.0 Å². The second-order valence-electron chi connectivity index (χ2n) is 6.79. The van der Waals surface area contributed by atoms with Crippen molar-refractivity contribution in [3.8, 4) is 5.75 Å². The molecule has 11 heteroatoms. The topological polar surface area (TPSA) is 98.1 Å². The molecule has 0 fully saturated rings. The number of hydrogen-bond donors (Lipinski definition) is 2. The number of carbonyl (C=O) groups is 2. The normalized spacial score (nSPS) is 11.7. The lowest BCUT2D eigenvalue weighted by atomic mass is 10.2. The molecule has 1 atom stereocenters. The Morgan fingerprint density at radius 2 is 1.97 bits per heavy atom. The molecule has 1 aromatic heterocycles. The first-order valence-electron chi connectivity index (χ1n) is 9.50. The number of anilines is 1. The fourth-order valence-corrected chi connectivity index (χ4v) is 4.08. The van der Waals surface area contributed by atoms with E-state index in [2.05, 4.69) is 20.8 Å². The van der Waals surface area contributed by atoms with E-state index < -0.39 is 6.04 Å². The molecule has 3 aromatic rings. The van der Waals surface area contributed by atoms with Gasteiger partial charge in [0.05, 0.1) is 29.5 Å². The Balaban J connectivity index is 1.59. The average molecular weight is 494 g/mol. The van der Waals surface area contributed by atoms with Crippen molar-refractivity contribution in [3.05, 3.63) is 63.9 Å². The smallest absolute Gasteiger partial charge is 0.253 e. The Morgan fingerprint density at radius 3 is 2.69 bits per heavy atom. The number of thioether (sulfide) groups is 1. The summed E-state index contributed by atoms with van der Waals surface area (Å²) in [4.78, 5) is 24.8. The molecule has 0 saturated heterocycles. The van der Waals surface area contributed by atoms with E-state index in [1.54, 1.807) is 62.0 Å². The number of aromatic nitrogens is 3. The molecule has 3 rings (SSSR count). The van der Waals surface area contributed by atoms with E-state index in [4.69, 9.17) is 27.9 Å². The summed E-state index contributed by atoms with van der Waals surface area (Å²) in [7, 11) is 3.34. The van der Waals surface area contributed by atoms with Crippen LogP contribution >= 0.6 is 35.0 Å². The minimum absolute atomic E-state index is 0.143. The second kappa shape index (κ2) is 10.7. The largest absolute Gasteiger partial charge is 0.497 e. The molecule has 0 saturated carbocycles. The minimum atomic E-state index is -0.438. The molecular formula is C21H21Cl2N5O3S. The number of amides is 2. The van der Waals surface area contributed by atoms with Crippen molar-refractivity contribution >= 4 is 52.5 Å². The predicted molar refractivity (Wildman–Crippen MR) is 126 cm³/mol. The Hall–Kier alpha value is -2.75. The molecular weight excluding hydrogens is 473 g/mol. The van der Waals surface area contributed by atoms with Crippen LogP contribution in [0.4, 0.5) is 5.69 Å². The van der Waals surface area contributed by atoms with Crippen LogP contribution in [0.3, 0.4) is 0 Å². The van der Waals surface area contributed by atoms with Gasteiger partial charge in [0.2, 0.25) is 5.91 Å². The Kier molecular flexibility index (Phi) is 8.00. The molecule has 1 heterocycles. The molecule has 0 spiro atoms. The fourth-order valence-electron chi connectivity index (χ4n) is 2.87. The Morgan fingerprint density at radius 1 is 1.19 bits per heavy atom. The maximum Gasteiger partial charge on any atom is 0.253 e. The highest BCUT2D eigenvalue weighted by Gasteiger charge is 2.20. The zero-order valence-corrected chi connectivity index (χ0v) is 19.9. The van der Waals surface area contributed by atoms with Crippen LogP contribution in [-0.2, 0) is 11.8 Å². The first kappa shape index (κ1) is 23.9. The van der Waals surface area contributed by atoms with Crippen molar-refractivity contribution in [2.24, 2.45) is 7.05 Å². The number of benzene rings is 2. The monoisotopic (exact) mass is 493 g/mol. The van der Waals surface area contributed by atoms with E-state index in [1.165, 1.54) is 17.8 Å². The molecule has 1 unspecified atom stereocenters. The third-order valence-electron chi connectivity index (χ3n) is 4.47. The lowest BCUT2D eigenvalue weighted by Gasteiger charge is -2.14. The summed E-state index contributed by atoms with van der Waals surface area (Å²) in [6.07, 6.45) is 0. The lowest BCUT2D eigenvalue weighted by Crippen LogP contribution is -2.28. The van der Waals surface area contributed by atoms with Crippen LogP contribution in [0, 0.1) is 0 Å². The third kappa shape index (κ3) is 5.93. The number of methoxy groups -OCH3 is 1. The van der Waals surface area contributed by atoms with Crippen molar-refractivity contribution in [2.75, 3.05) is 18.2 Å². The number of ether oxygens (including phenoxy) is 1. The van der Waals surface area contributed by atoms with Crippen molar-refractivity contribution in [1.29, 1.82) is 0 Å². The van der Waals surface area contributed by atoms with Crippen LogP contribution in [-0.4, -0.2) is 39.4 Å². The van der Waals surface area contributed by atoms with E-state index in [0.717, 1.165) is 0 Å². The van der Waals surface area contributed by atoms with E-state index in [9.17, 15) is 9.59 Å². The Labute approximate surface area is 199 Å². The summed E-state index contributed by atoms with van der Waals surface area (Å²) < 4.78 is 6.89. The molecule has 0 aliphatic carbocycles. The van der Waals surface area contributed by atoms with Crippen LogP contribution in [0.25, 0.3) is 0 Å². The van der Waals surface area contributed by atoms with Gasteiger partial charge in [-0.15, -0.1) is 10.2 Å². The number of rotatable bonds is 8. The molecule has 2 N–H and O–H groups in total. The van der Waals surface area contributed by atoms with Crippen molar-refractivity contribution < 1.29 is 14.3 Å². The van der Waals surface area contributed by atoms with E-state index >= 15 is 0 Å². The average Bonchev–Trinajstić information content (AvgIpc) is 3.12. The van der Waals surface area contributed by atoms with Crippen LogP contribution in [0.15, 0.2) is 47.6 Å². The van der Waals surface area contributed by atoms with E-state index in [1.807, 2.05) is 0 Å². The summed E-state index contributed by atoms with van der Waals surface area (Å²) in [5.41, 5.74) is 0.958. The van der Waals surface area contributed by atoms with Gasteiger partial charge in [-0.05, 0) is 37.3 Å². The van der Waals surface area contributed by atoms with Gasteiger partial charge in [-0.1, -0.05) is 41.0 Å². The molecule has 168 valence electrons. The van der Waals surface area contributed by atoms with Gasteiger partial charge in [-0.25, -0.2) is 0 Å². The first-order valence-corrected chi connectivity index (χ1v) is 11.2. The maximum atomic E-state index is 12.5. The second-order valence-corrected chi connectivity index (χ2v) is 8.57. The van der Waals surface area contributed by atoms with Gasteiger partial charge < -0.3 is 19.9 Å². The standard InChI is InChI=1S/C21H21Cl2N5O3S/c1-12(24-20(30)16-8-7-13(22)9-17(16)23)19-26-27-21(28(19)2)32-11-18(29)25-14-5-4-6-15(10-14)31-3/h4-10,12H,11H2,1-3H3,(H,24,30)(H,25,29). The molecule has 8 nitrogen and oxygen atoms in total. The molecule has 32 heavy (non-hydrogen) atoms. The summed E-state index contributed by atoms with van der Waals surface area (Å²) in [5.74, 6) is 0.800. The fraction of sp³-hybridized carbons (Fsp3) is 0.238. The predicted octanol–water partition coefficient (Wildman–Crippen LogP) is 4.35. The zero-order valence-electron chi connectivity index (χ0n) is 17.6. The molecule has 2 amide bonds. The van der Waals surface area contributed by atoms with Crippen LogP contribution in [0.1, 0.15) is 29.1 Å². The first-order chi connectivity index (χ1) is 15.3. The molecule has 0 radical (unpaired) electrons. The summed E-state index contributed by atoms with van der Waals surface area (Å²) in [6, 6.07) is 11.3. The van der Waals surface area contributed by atoms with Crippen molar-refractivity contribution in [3.63, 3.8) is 0 Å². The van der Waals surface area contributed by atoms with Crippen molar-refractivity contribution in [2.45, 2.75) is 18.1 Å². The number of carbonyl (C=O) groups excluding carboxylic acids is 2. The highest BCUT2D eigenvalue weighted by atomic mass is 35.5. The van der Waals surface area contributed by atoms with E-state index in [0.29, 0.717) is 33.0 Å². The Bertz CT molecular complexity index is 1140. The minimum Gasteiger partial charge on any atom is -0.497 e. The van der Waals surface area contributed by atoms with Crippen LogP contribution < -0.4 is 15.4 Å². The van der Waals surface area contributed by atoms with E-state index in [-0.39, 0.29) is 22.6 Å². The highest BCUT2D eigenvalue weighted by Crippen LogP contribution is 2.23. The van der Waals surface area contributed by atoms with Crippen LogP contribution in [0.5, 0.6) is 5.75 Å². The zero-order chi connectivity index (χ0) is 23.3. The molecule has 0 aliphatic rings. The SMILES string of the molecule is COc1cccc(NC(=O)CSc2nnc(C(C)NC(=O)c3ccc(Cl)cc3Cl)n2C)c1. The van der Waals surface area contributed by atoms with Gasteiger partial charge in [0.25, 0.3) is 5.91 Å². The van der Waals surface area contributed by atoms with Gasteiger partial charge in [0.1, 0.15) is 5.75 Å². The quantitative estimate of drug-likeness (QED) is 0.452. The summed E-state index contributed by atoms with van der Waals surface area (Å²) in [6.45, 7) is 1.79. The van der Waals surface area contributed by atoms with Crippen molar-refractivity contribution in [1.82, 2.24) is 20.1 Å². The van der Waals surface area contributed by atoms with Gasteiger partial charge in [-0.2, -0.15) is 0 Å². The van der Waals surface area contributed by atoms with Gasteiger partial charge in [0.15, 0.2) is 11.0 Å². The number of halogens is 2. The molecule has 0 aliphatic heterocycles. The van der Waals surface area contributed by atoms with Gasteiger partial charge in [0, 0.05) is 23.8 Å². The van der Waals surface area contributed by atoms with Gasteiger partial charge in [-0.3, -0.25) is 9.59 Å². The number of nitrogens with zero attached hydrogens (tertiary/aromatic N) is 3.